The van der Waals surface area contributed by atoms with Crippen LogP contribution in [0.1, 0.15) is 44.9 Å². The first-order chi connectivity index (χ1) is 13.7. The van der Waals surface area contributed by atoms with Crippen LogP contribution in [-0.4, -0.2) is 68.0 Å². The minimum absolute atomic E-state index is 0.00791. The number of aryl methyl sites for hydroxylation is 1. The molecule has 3 heterocycles. The summed E-state index contributed by atoms with van der Waals surface area (Å²) in [7, 11) is 0. The molecule has 2 aliphatic rings. The van der Waals surface area contributed by atoms with Crippen molar-refractivity contribution in [1.29, 1.82) is 0 Å². The Hall–Kier alpha value is -3.16. The standard InChI is InChI=1S/C20H22N6O2/c27-19(13-5-6-16-17(11-13)22-12-21-16)25-7-2-8-26(10-9-25)20(28)18-14-3-1-4-15(14)23-24-18/h5-6,11-12H,1-4,7-10H2,(H,21,22)(H,23,24). The lowest BCUT2D eigenvalue weighted by Crippen LogP contribution is -2.37. The number of carbonyl (C=O) groups excluding carboxylic acids is 2. The van der Waals surface area contributed by atoms with Crippen molar-refractivity contribution in [2.45, 2.75) is 25.7 Å². The highest BCUT2D eigenvalue weighted by molar-refractivity contribution is 5.97. The van der Waals surface area contributed by atoms with Gasteiger partial charge in [0.1, 0.15) is 0 Å². The smallest absolute Gasteiger partial charge is 0.274 e. The van der Waals surface area contributed by atoms with Crippen molar-refractivity contribution in [1.82, 2.24) is 30.0 Å². The van der Waals surface area contributed by atoms with E-state index in [0.717, 1.165) is 48.0 Å². The second-order valence-corrected chi connectivity index (χ2v) is 7.46. The molecule has 1 aliphatic heterocycles. The number of aromatic amines is 2. The Labute approximate surface area is 161 Å². The highest BCUT2D eigenvalue weighted by Gasteiger charge is 2.29. The molecule has 0 spiro atoms. The lowest BCUT2D eigenvalue weighted by Gasteiger charge is -2.22. The summed E-state index contributed by atoms with van der Waals surface area (Å²) in [5.74, 6) is -0.0287. The first-order valence-electron chi connectivity index (χ1n) is 9.78. The average Bonchev–Trinajstić information content (AvgIpc) is 3.40. The van der Waals surface area contributed by atoms with E-state index in [-0.39, 0.29) is 11.8 Å². The Balaban J connectivity index is 1.29. The second kappa shape index (κ2) is 6.78. The Bertz CT molecular complexity index is 1050. The normalized spacial score (nSPS) is 17.0. The summed E-state index contributed by atoms with van der Waals surface area (Å²) in [5.41, 5.74) is 5.08. The molecule has 1 aliphatic carbocycles. The van der Waals surface area contributed by atoms with Crippen LogP contribution < -0.4 is 0 Å². The van der Waals surface area contributed by atoms with Gasteiger partial charge in [0.15, 0.2) is 5.69 Å². The van der Waals surface area contributed by atoms with Crippen LogP contribution in [0.2, 0.25) is 0 Å². The maximum Gasteiger partial charge on any atom is 0.274 e. The zero-order chi connectivity index (χ0) is 19.1. The zero-order valence-corrected chi connectivity index (χ0v) is 15.6. The maximum absolute atomic E-state index is 13.0. The van der Waals surface area contributed by atoms with Gasteiger partial charge in [0, 0.05) is 43.0 Å². The van der Waals surface area contributed by atoms with Crippen molar-refractivity contribution in [3.63, 3.8) is 0 Å². The van der Waals surface area contributed by atoms with Crippen LogP contribution in [0.15, 0.2) is 24.5 Å². The number of H-pyrrole nitrogens is 2. The Morgan fingerprint density at radius 3 is 2.64 bits per heavy atom. The molecule has 0 radical (unpaired) electrons. The summed E-state index contributed by atoms with van der Waals surface area (Å²) in [5, 5.41) is 7.28. The summed E-state index contributed by atoms with van der Waals surface area (Å²) in [4.78, 5) is 36.8. The van der Waals surface area contributed by atoms with E-state index >= 15 is 0 Å². The molecular weight excluding hydrogens is 356 g/mol. The molecule has 1 aromatic carbocycles. The second-order valence-electron chi connectivity index (χ2n) is 7.46. The third-order valence-electron chi connectivity index (χ3n) is 5.75. The number of amides is 2. The van der Waals surface area contributed by atoms with Gasteiger partial charge in [-0.05, 0) is 43.9 Å². The van der Waals surface area contributed by atoms with E-state index in [2.05, 4.69) is 20.2 Å². The fourth-order valence-corrected chi connectivity index (χ4v) is 4.22. The van der Waals surface area contributed by atoms with E-state index in [4.69, 9.17) is 0 Å². The SMILES string of the molecule is O=C(c1ccc2nc[nH]c2c1)N1CCCN(C(=O)c2n[nH]c3c2CCC3)CC1. The van der Waals surface area contributed by atoms with Gasteiger partial charge in [0.2, 0.25) is 0 Å². The van der Waals surface area contributed by atoms with Gasteiger partial charge in [-0.1, -0.05) is 0 Å². The van der Waals surface area contributed by atoms with Crippen molar-refractivity contribution in [2.75, 3.05) is 26.2 Å². The zero-order valence-electron chi connectivity index (χ0n) is 15.6. The van der Waals surface area contributed by atoms with Crippen LogP contribution in [0, 0.1) is 0 Å². The van der Waals surface area contributed by atoms with E-state index in [0.29, 0.717) is 37.4 Å². The van der Waals surface area contributed by atoms with E-state index < -0.39 is 0 Å². The monoisotopic (exact) mass is 378 g/mol. The van der Waals surface area contributed by atoms with E-state index in [1.54, 1.807) is 6.33 Å². The van der Waals surface area contributed by atoms with Crippen molar-refractivity contribution in [3.05, 3.63) is 47.0 Å². The Morgan fingerprint density at radius 1 is 0.964 bits per heavy atom. The molecule has 0 atom stereocenters. The Morgan fingerprint density at radius 2 is 1.79 bits per heavy atom. The minimum Gasteiger partial charge on any atom is -0.345 e. The maximum atomic E-state index is 13.0. The topological polar surface area (TPSA) is 98.0 Å². The molecule has 8 heteroatoms. The molecular formula is C20H22N6O2. The highest BCUT2D eigenvalue weighted by atomic mass is 16.2. The highest BCUT2D eigenvalue weighted by Crippen LogP contribution is 2.24. The first kappa shape index (κ1) is 17.0. The van der Waals surface area contributed by atoms with Crippen LogP contribution in [0.25, 0.3) is 11.0 Å². The number of rotatable bonds is 2. The van der Waals surface area contributed by atoms with Crippen molar-refractivity contribution < 1.29 is 9.59 Å². The number of carbonyl (C=O) groups is 2. The molecule has 2 aromatic heterocycles. The van der Waals surface area contributed by atoms with E-state index in [1.165, 1.54) is 0 Å². The fraction of sp³-hybridized carbons (Fsp3) is 0.400. The van der Waals surface area contributed by atoms with Crippen LogP contribution >= 0.6 is 0 Å². The predicted molar refractivity (Wildman–Crippen MR) is 103 cm³/mol. The molecule has 3 aromatic rings. The summed E-state index contributed by atoms with van der Waals surface area (Å²) < 4.78 is 0. The van der Waals surface area contributed by atoms with Gasteiger partial charge in [0.25, 0.3) is 11.8 Å². The number of imidazole rings is 1. The fourth-order valence-electron chi connectivity index (χ4n) is 4.22. The van der Waals surface area contributed by atoms with Crippen molar-refractivity contribution in [2.24, 2.45) is 0 Å². The number of benzene rings is 1. The van der Waals surface area contributed by atoms with Crippen LogP contribution in [0.3, 0.4) is 0 Å². The molecule has 28 heavy (non-hydrogen) atoms. The number of aromatic nitrogens is 4. The molecule has 1 saturated heterocycles. The van der Waals surface area contributed by atoms with E-state index in [9.17, 15) is 9.59 Å². The molecule has 1 fully saturated rings. The van der Waals surface area contributed by atoms with Gasteiger partial charge < -0.3 is 14.8 Å². The van der Waals surface area contributed by atoms with Gasteiger partial charge in [-0.25, -0.2) is 4.98 Å². The summed E-state index contributed by atoms with van der Waals surface area (Å²) >= 11 is 0. The molecule has 0 saturated carbocycles. The first-order valence-corrected chi connectivity index (χ1v) is 9.78. The van der Waals surface area contributed by atoms with Crippen molar-refractivity contribution in [3.8, 4) is 0 Å². The van der Waals surface area contributed by atoms with Gasteiger partial charge in [0.05, 0.1) is 17.4 Å². The summed E-state index contributed by atoms with van der Waals surface area (Å²) in [6.07, 6.45) is 5.35. The summed E-state index contributed by atoms with van der Waals surface area (Å²) in [6, 6.07) is 5.50. The minimum atomic E-state index is -0.0208. The molecule has 0 unspecified atom stereocenters. The Kier molecular flexibility index (Phi) is 4.11. The van der Waals surface area contributed by atoms with Gasteiger partial charge in [-0.2, -0.15) is 5.10 Å². The quantitative estimate of drug-likeness (QED) is 0.710. The molecule has 2 N–H and O–H groups in total. The lowest BCUT2D eigenvalue weighted by atomic mass is 10.1. The number of nitrogens with one attached hydrogen (secondary N) is 2. The van der Waals surface area contributed by atoms with Gasteiger partial charge in [-0.15, -0.1) is 0 Å². The van der Waals surface area contributed by atoms with Crippen LogP contribution in [0.4, 0.5) is 0 Å². The number of hydrogen-bond acceptors (Lipinski definition) is 4. The average molecular weight is 378 g/mol. The van der Waals surface area contributed by atoms with E-state index in [1.807, 2.05) is 28.0 Å². The molecule has 144 valence electrons. The van der Waals surface area contributed by atoms with Crippen LogP contribution in [-0.2, 0) is 12.8 Å². The molecule has 8 nitrogen and oxygen atoms in total. The lowest BCUT2D eigenvalue weighted by molar-refractivity contribution is 0.0715. The van der Waals surface area contributed by atoms with Gasteiger partial charge >= 0.3 is 0 Å². The largest absolute Gasteiger partial charge is 0.345 e. The third-order valence-corrected chi connectivity index (χ3v) is 5.75. The number of fused-ring (bicyclic) bond motifs is 2. The number of nitrogens with zero attached hydrogens (tertiary/aromatic N) is 4. The number of hydrogen-bond donors (Lipinski definition) is 2. The van der Waals surface area contributed by atoms with Crippen molar-refractivity contribution >= 4 is 22.8 Å². The van der Waals surface area contributed by atoms with Gasteiger partial charge in [-0.3, -0.25) is 14.7 Å². The summed E-state index contributed by atoms with van der Waals surface area (Å²) in [6.45, 7) is 2.34. The third kappa shape index (κ3) is 2.85. The molecule has 0 bridgehead atoms. The van der Waals surface area contributed by atoms with Crippen LogP contribution in [0.5, 0.6) is 0 Å². The molecule has 5 rings (SSSR count). The predicted octanol–water partition coefficient (Wildman–Crippen LogP) is 1.76. The molecule has 2 amide bonds.